The molecule has 0 aliphatic heterocycles. The molecule has 0 bridgehead atoms. The van der Waals surface area contributed by atoms with Crippen LogP contribution in [0.5, 0.6) is 11.5 Å². The van der Waals surface area contributed by atoms with Crippen LogP contribution in [0.3, 0.4) is 0 Å². The van der Waals surface area contributed by atoms with Crippen molar-refractivity contribution in [2.45, 2.75) is 39.0 Å². The highest BCUT2D eigenvalue weighted by atomic mass is 16.5. The van der Waals surface area contributed by atoms with Crippen LogP contribution >= 0.6 is 0 Å². The minimum Gasteiger partial charge on any atom is -0.496 e. The summed E-state index contributed by atoms with van der Waals surface area (Å²) in [6.45, 7) is 7.06. The Kier molecular flexibility index (Phi) is 5.48. The van der Waals surface area contributed by atoms with Crippen LogP contribution in [0.2, 0.25) is 0 Å². The molecule has 0 amide bonds. The summed E-state index contributed by atoms with van der Waals surface area (Å²) in [5.41, 5.74) is 8.15. The molecule has 0 aromatic heterocycles. The number of methoxy groups -OCH3 is 2. The molecule has 1 atom stereocenters. The highest BCUT2D eigenvalue weighted by molar-refractivity contribution is 5.49. The third kappa shape index (κ3) is 2.96. The molecular weight excluding hydrogens is 226 g/mol. The van der Waals surface area contributed by atoms with E-state index in [0.29, 0.717) is 18.4 Å². The number of rotatable bonds is 6. The standard InChI is InChI=1S/C15H25NO2/c1-6-11(9-16)13-8-14(17-4)12(10(2)3)7-15(13)18-5/h7-8,10-11H,6,9,16H2,1-5H3. The summed E-state index contributed by atoms with van der Waals surface area (Å²) >= 11 is 0. The normalized spacial score (nSPS) is 12.6. The first-order valence-corrected chi connectivity index (χ1v) is 6.54. The molecule has 0 heterocycles. The van der Waals surface area contributed by atoms with Crippen molar-refractivity contribution in [3.05, 3.63) is 23.3 Å². The lowest BCUT2D eigenvalue weighted by molar-refractivity contribution is 0.389. The molecular formula is C15H25NO2. The van der Waals surface area contributed by atoms with Crippen LogP contribution in [0.1, 0.15) is 50.2 Å². The van der Waals surface area contributed by atoms with Crippen molar-refractivity contribution in [2.24, 2.45) is 5.73 Å². The zero-order valence-corrected chi connectivity index (χ0v) is 12.1. The minimum atomic E-state index is 0.315. The lowest BCUT2D eigenvalue weighted by atomic mass is 9.91. The van der Waals surface area contributed by atoms with E-state index >= 15 is 0 Å². The largest absolute Gasteiger partial charge is 0.496 e. The van der Waals surface area contributed by atoms with Gasteiger partial charge in [0.05, 0.1) is 14.2 Å². The zero-order valence-electron chi connectivity index (χ0n) is 12.1. The van der Waals surface area contributed by atoms with Crippen molar-refractivity contribution >= 4 is 0 Å². The van der Waals surface area contributed by atoms with Crippen LogP contribution < -0.4 is 15.2 Å². The average molecular weight is 251 g/mol. The van der Waals surface area contributed by atoms with Gasteiger partial charge in [0, 0.05) is 11.1 Å². The average Bonchev–Trinajstić information content (AvgIpc) is 2.39. The van der Waals surface area contributed by atoms with Crippen molar-refractivity contribution < 1.29 is 9.47 Å². The summed E-state index contributed by atoms with van der Waals surface area (Å²) in [4.78, 5) is 0. The third-order valence-electron chi connectivity index (χ3n) is 3.42. The molecule has 3 heteroatoms. The first-order chi connectivity index (χ1) is 8.58. The van der Waals surface area contributed by atoms with Crippen molar-refractivity contribution in [2.75, 3.05) is 20.8 Å². The Morgan fingerprint density at radius 2 is 1.56 bits per heavy atom. The molecule has 102 valence electrons. The molecule has 0 radical (unpaired) electrons. The monoisotopic (exact) mass is 251 g/mol. The van der Waals surface area contributed by atoms with Gasteiger partial charge in [-0.05, 0) is 36.9 Å². The van der Waals surface area contributed by atoms with E-state index in [-0.39, 0.29) is 0 Å². The molecule has 0 aliphatic carbocycles. The van der Waals surface area contributed by atoms with Crippen LogP contribution in [0, 0.1) is 0 Å². The maximum absolute atomic E-state index is 5.83. The Morgan fingerprint density at radius 1 is 1.06 bits per heavy atom. The molecule has 0 aliphatic rings. The molecule has 0 fully saturated rings. The lowest BCUT2D eigenvalue weighted by Gasteiger charge is -2.21. The molecule has 0 spiro atoms. The van der Waals surface area contributed by atoms with Crippen LogP contribution in [-0.4, -0.2) is 20.8 Å². The fraction of sp³-hybridized carbons (Fsp3) is 0.600. The van der Waals surface area contributed by atoms with Gasteiger partial charge in [-0.1, -0.05) is 20.8 Å². The topological polar surface area (TPSA) is 44.5 Å². The first-order valence-electron chi connectivity index (χ1n) is 6.54. The smallest absolute Gasteiger partial charge is 0.122 e. The number of ether oxygens (including phenoxy) is 2. The third-order valence-corrected chi connectivity index (χ3v) is 3.42. The van der Waals surface area contributed by atoms with E-state index in [0.717, 1.165) is 23.5 Å². The molecule has 1 aromatic carbocycles. The van der Waals surface area contributed by atoms with Gasteiger partial charge in [-0.3, -0.25) is 0 Å². The maximum Gasteiger partial charge on any atom is 0.122 e. The zero-order chi connectivity index (χ0) is 13.7. The number of hydrogen-bond donors (Lipinski definition) is 1. The van der Waals surface area contributed by atoms with Gasteiger partial charge in [-0.2, -0.15) is 0 Å². The Balaban J connectivity index is 3.34. The van der Waals surface area contributed by atoms with E-state index in [1.165, 1.54) is 5.56 Å². The van der Waals surface area contributed by atoms with Crippen LogP contribution in [0.15, 0.2) is 12.1 Å². The van der Waals surface area contributed by atoms with E-state index in [1.54, 1.807) is 14.2 Å². The van der Waals surface area contributed by atoms with Gasteiger partial charge in [-0.15, -0.1) is 0 Å². The van der Waals surface area contributed by atoms with E-state index in [4.69, 9.17) is 15.2 Å². The fourth-order valence-electron chi connectivity index (χ4n) is 2.23. The van der Waals surface area contributed by atoms with E-state index in [2.05, 4.69) is 32.9 Å². The minimum absolute atomic E-state index is 0.315. The van der Waals surface area contributed by atoms with E-state index in [9.17, 15) is 0 Å². The Morgan fingerprint density at radius 3 is 1.94 bits per heavy atom. The van der Waals surface area contributed by atoms with Gasteiger partial charge in [0.2, 0.25) is 0 Å². The SMILES string of the molecule is CCC(CN)c1cc(OC)c(C(C)C)cc1OC. The van der Waals surface area contributed by atoms with Crippen molar-refractivity contribution in [1.29, 1.82) is 0 Å². The van der Waals surface area contributed by atoms with Crippen molar-refractivity contribution in [3.63, 3.8) is 0 Å². The summed E-state index contributed by atoms with van der Waals surface area (Å²) in [6, 6.07) is 4.16. The number of nitrogens with two attached hydrogens (primary N) is 1. The summed E-state index contributed by atoms with van der Waals surface area (Å²) in [7, 11) is 3.42. The summed E-state index contributed by atoms with van der Waals surface area (Å²) < 4.78 is 11.0. The van der Waals surface area contributed by atoms with Gasteiger partial charge in [0.25, 0.3) is 0 Å². The molecule has 0 saturated heterocycles. The molecule has 18 heavy (non-hydrogen) atoms. The summed E-state index contributed by atoms with van der Waals surface area (Å²) in [6.07, 6.45) is 0.997. The predicted molar refractivity (Wildman–Crippen MR) is 75.7 cm³/mol. The molecule has 3 nitrogen and oxygen atoms in total. The summed E-state index contributed by atoms with van der Waals surface area (Å²) in [5, 5.41) is 0. The Hall–Kier alpha value is -1.22. The summed E-state index contributed by atoms with van der Waals surface area (Å²) in [5.74, 6) is 2.56. The van der Waals surface area contributed by atoms with Crippen molar-refractivity contribution in [3.8, 4) is 11.5 Å². The van der Waals surface area contributed by atoms with Crippen LogP contribution in [-0.2, 0) is 0 Å². The maximum atomic E-state index is 5.83. The molecule has 2 N–H and O–H groups in total. The fourth-order valence-corrected chi connectivity index (χ4v) is 2.23. The quantitative estimate of drug-likeness (QED) is 0.844. The van der Waals surface area contributed by atoms with Gasteiger partial charge in [0.15, 0.2) is 0 Å². The second-order valence-corrected chi connectivity index (χ2v) is 4.83. The number of benzene rings is 1. The molecule has 1 unspecified atom stereocenters. The predicted octanol–water partition coefficient (Wildman–Crippen LogP) is 3.28. The first kappa shape index (κ1) is 14.8. The van der Waals surface area contributed by atoms with Gasteiger partial charge < -0.3 is 15.2 Å². The van der Waals surface area contributed by atoms with Gasteiger partial charge in [0.1, 0.15) is 11.5 Å². The lowest BCUT2D eigenvalue weighted by Crippen LogP contribution is -2.13. The van der Waals surface area contributed by atoms with E-state index < -0.39 is 0 Å². The Bertz CT molecular complexity index is 384. The molecule has 1 aromatic rings. The van der Waals surface area contributed by atoms with Crippen molar-refractivity contribution in [1.82, 2.24) is 0 Å². The van der Waals surface area contributed by atoms with Gasteiger partial charge >= 0.3 is 0 Å². The Labute approximate surface area is 110 Å². The second kappa shape index (κ2) is 6.64. The van der Waals surface area contributed by atoms with Crippen LogP contribution in [0.4, 0.5) is 0 Å². The highest BCUT2D eigenvalue weighted by Crippen LogP contribution is 2.37. The van der Waals surface area contributed by atoms with Gasteiger partial charge in [-0.25, -0.2) is 0 Å². The molecule has 1 rings (SSSR count). The van der Waals surface area contributed by atoms with E-state index in [1.807, 2.05) is 0 Å². The second-order valence-electron chi connectivity index (χ2n) is 4.83. The molecule has 0 saturated carbocycles. The van der Waals surface area contributed by atoms with Crippen LogP contribution in [0.25, 0.3) is 0 Å². The number of hydrogen-bond acceptors (Lipinski definition) is 3. The highest BCUT2D eigenvalue weighted by Gasteiger charge is 2.18.